The lowest BCUT2D eigenvalue weighted by molar-refractivity contribution is -0.141. The highest BCUT2D eigenvalue weighted by molar-refractivity contribution is 5.73. The zero-order valence-electron chi connectivity index (χ0n) is 9.90. The van der Waals surface area contributed by atoms with Crippen molar-refractivity contribution >= 4 is 11.7 Å². The molecule has 0 aromatic heterocycles. The van der Waals surface area contributed by atoms with Gasteiger partial charge in [0.05, 0.1) is 5.92 Å². The Morgan fingerprint density at radius 1 is 1.56 bits per heavy atom. The van der Waals surface area contributed by atoms with Gasteiger partial charge in [-0.25, -0.2) is 0 Å². The molecule has 2 unspecified atom stereocenters. The molecule has 0 bridgehead atoms. The Hall–Kier alpha value is -1.51. The highest BCUT2D eigenvalue weighted by Gasteiger charge is 2.33. The Bertz CT molecular complexity index is 428. The van der Waals surface area contributed by atoms with Crippen LogP contribution in [-0.4, -0.2) is 24.2 Å². The van der Waals surface area contributed by atoms with E-state index < -0.39 is 5.97 Å². The van der Waals surface area contributed by atoms with E-state index in [9.17, 15) is 4.79 Å². The molecule has 1 heterocycles. The van der Waals surface area contributed by atoms with E-state index in [0.29, 0.717) is 0 Å². The van der Waals surface area contributed by atoms with Gasteiger partial charge in [-0.1, -0.05) is 17.7 Å². The van der Waals surface area contributed by atoms with Gasteiger partial charge >= 0.3 is 5.97 Å². The lowest BCUT2D eigenvalue weighted by Crippen LogP contribution is -2.37. The first-order valence-corrected chi connectivity index (χ1v) is 5.56. The number of anilines is 1. The van der Waals surface area contributed by atoms with Crippen molar-refractivity contribution in [3.8, 4) is 0 Å². The number of rotatable bonds is 2. The molecule has 0 radical (unpaired) electrons. The fourth-order valence-electron chi connectivity index (χ4n) is 2.44. The molecular formula is C13H17NO2. The molecule has 2 atom stereocenters. The van der Waals surface area contributed by atoms with Gasteiger partial charge < -0.3 is 10.0 Å². The Morgan fingerprint density at radius 3 is 2.88 bits per heavy atom. The summed E-state index contributed by atoms with van der Waals surface area (Å²) in [5, 5.41) is 9.07. The molecule has 16 heavy (non-hydrogen) atoms. The Labute approximate surface area is 95.7 Å². The van der Waals surface area contributed by atoms with Crippen LogP contribution >= 0.6 is 0 Å². The number of aliphatic carboxylic acids is 1. The molecule has 0 saturated carbocycles. The summed E-state index contributed by atoms with van der Waals surface area (Å²) in [6, 6.07) is 6.39. The lowest BCUT2D eigenvalue weighted by atomic mass is 9.98. The van der Waals surface area contributed by atoms with Crippen LogP contribution in [0.15, 0.2) is 18.2 Å². The number of benzene rings is 1. The van der Waals surface area contributed by atoms with Gasteiger partial charge in [-0.2, -0.15) is 0 Å². The van der Waals surface area contributed by atoms with Gasteiger partial charge in [-0.3, -0.25) is 4.79 Å². The molecule has 86 valence electrons. The summed E-state index contributed by atoms with van der Waals surface area (Å²) in [5.74, 6) is -1.06. The van der Waals surface area contributed by atoms with Crippen molar-refractivity contribution in [2.75, 3.05) is 11.9 Å². The second-order valence-corrected chi connectivity index (χ2v) is 4.64. The maximum absolute atomic E-state index is 11.0. The fourth-order valence-corrected chi connectivity index (χ4v) is 2.44. The van der Waals surface area contributed by atoms with Crippen LogP contribution in [0.4, 0.5) is 5.69 Å². The van der Waals surface area contributed by atoms with Crippen LogP contribution in [0.25, 0.3) is 0 Å². The van der Waals surface area contributed by atoms with Gasteiger partial charge in [-0.05, 0) is 31.9 Å². The molecule has 2 rings (SSSR count). The Morgan fingerprint density at radius 2 is 2.25 bits per heavy atom. The zero-order valence-corrected chi connectivity index (χ0v) is 9.90. The topological polar surface area (TPSA) is 40.5 Å². The molecule has 1 aromatic carbocycles. The maximum atomic E-state index is 11.0. The molecule has 0 amide bonds. The number of fused-ring (bicyclic) bond motifs is 1. The minimum absolute atomic E-state index is 0.0781. The molecule has 3 heteroatoms. The second kappa shape index (κ2) is 3.81. The summed E-state index contributed by atoms with van der Waals surface area (Å²) in [4.78, 5) is 13.1. The number of hydrogen-bond acceptors (Lipinski definition) is 2. The summed E-state index contributed by atoms with van der Waals surface area (Å²) in [6.45, 7) is 3.84. The molecule has 0 fully saturated rings. The lowest BCUT2D eigenvalue weighted by Gasteiger charge is -2.25. The van der Waals surface area contributed by atoms with Crippen LogP contribution in [0.5, 0.6) is 0 Å². The average Bonchev–Trinajstić information content (AvgIpc) is 2.54. The second-order valence-electron chi connectivity index (χ2n) is 4.64. The largest absolute Gasteiger partial charge is 0.481 e. The van der Waals surface area contributed by atoms with Crippen LogP contribution in [-0.2, 0) is 11.2 Å². The summed E-state index contributed by atoms with van der Waals surface area (Å²) >= 11 is 0. The van der Waals surface area contributed by atoms with E-state index in [4.69, 9.17) is 5.11 Å². The van der Waals surface area contributed by atoms with Crippen LogP contribution in [0, 0.1) is 12.8 Å². The van der Waals surface area contributed by atoms with Crippen molar-refractivity contribution in [3.05, 3.63) is 29.3 Å². The van der Waals surface area contributed by atoms with E-state index >= 15 is 0 Å². The monoisotopic (exact) mass is 219 g/mol. The minimum Gasteiger partial charge on any atom is -0.481 e. The highest BCUT2D eigenvalue weighted by Crippen LogP contribution is 2.34. The van der Waals surface area contributed by atoms with Gasteiger partial charge in [0.1, 0.15) is 0 Å². The van der Waals surface area contributed by atoms with E-state index in [1.807, 2.05) is 7.05 Å². The van der Waals surface area contributed by atoms with Gasteiger partial charge in [0.2, 0.25) is 0 Å². The van der Waals surface area contributed by atoms with Crippen molar-refractivity contribution in [2.45, 2.75) is 26.3 Å². The molecule has 1 aliphatic rings. The van der Waals surface area contributed by atoms with E-state index in [1.54, 1.807) is 6.92 Å². The summed E-state index contributed by atoms with van der Waals surface area (Å²) < 4.78 is 0. The number of aryl methyl sites for hydroxylation is 1. The van der Waals surface area contributed by atoms with Crippen LogP contribution in [0.2, 0.25) is 0 Å². The zero-order chi connectivity index (χ0) is 11.9. The normalized spacial score (nSPS) is 20.7. The predicted octanol–water partition coefficient (Wildman–Crippen LogP) is 2.08. The summed E-state index contributed by atoms with van der Waals surface area (Å²) in [7, 11) is 1.98. The van der Waals surface area contributed by atoms with Crippen LogP contribution < -0.4 is 4.90 Å². The number of likely N-dealkylation sites (N-methyl/N-ethyl adjacent to an activating group) is 1. The summed E-state index contributed by atoms with van der Waals surface area (Å²) in [6.07, 6.45) is 0.834. The quantitative estimate of drug-likeness (QED) is 0.827. The average molecular weight is 219 g/mol. The first-order chi connectivity index (χ1) is 7.50. The first kappa shape index (κ1) is 11.0. The Kier molecular flexibility index (Phi) is 2.62. The maximum Gasteiger partial charge on any atom is 0.308 e. The first-order valence-electron chi connectivity index (χ1n) is 5.56. The highest BCUT2D eigenvalue weighted by atomic mass is 16.4. The summed E-state index contributed by atoms with van der Waals surface area (Å²) in [5.41, 5.74) is 3.67. The van der Waals surface area contributed by atoms with E-state index in [1.165, 1.54) is 16.8 Å². The third-order valence-corrected chi connectivity index (χ3v) is 3.51. The van der Waals surface area contributed by atoms with Gasteiger partial charge in [0.15, 0.2) is 0 Å². The standard InChI is InChI=1S/C13H17NO2/c1-8-4-5-11-10(6-8)7-12(14(11)3)9(2)13(15)16/h4-6,9,12H,7H2,1-3H3,(H,15,16). The van der Waals surface area contributed by atoms with E-state index in [2.05, 4.69) is 30.0 Å². The van der Waals surface area contributed by atoms with Gasteiger partial charge in [0.25, 0.3) is 0 Å². The van der Waals surface area contributed by atoms with Gasteiger partial charge in [-0.15, -0.1) is 0 Å². The molecule has 0 aliphatic carbocycles. The third-order valence-electron chi connectivity index (χ3n) is 3.51. The molecule has 3 nitrogen and oxygen atoms in total. The van der Waals surface area contributed by atoms with Crippen LogP contribution in [0.1, 0.15) is 18.1 Å². The predicted molar refractivity (Wildman–Crippen MR) is 63.9 cm³/mol. The van der Waals surface area contributed by atoms with Crippen LogP contribution in [0.3, 0.4) is 0 Å². The smallest absolute Gasteiger partial charge is 0.308 e. The van der Waals surface area contributed by atoms with E-state index in [0.717, 1.165) is 6.42 Å². The van der Waals surface area contributed by atoms with Crippen molar-refractivity contribution in [1.82, 2.24) is 0 Å². The molecule has 0 spiro atoms. The van der Waals surface area contributed by atoms with Crippen molar-refractivity contribution in [1.29, 1.82) is 0 Å². The van der Waals surface area contributed by atoms with Crippen molar-refractivity contribution < 1.29 is 9.90 Å². The number of hydrogen-bond donors (Lipinski definition) is 1. The number of nitrogens with zero attached hydrogens (tertiary/aromatic N) is 1. The molecule has 1 aliphatic heterocycles. The molecular weight excluding hydrogens is 202 g/mol. The molecule has 1 N–H and O–H groups in total. The SMILES string of the molecule is Cc1ccc2c(c1)CC(C(C)C(=O)O)N2C. The molecule has 1 aromatic rings. The number of carboxylic acid groups (broad SMARTS) is 1. The Balaban J connectivity index is 2.30. The van der Waals surface area contributed by atoms with Crippen molar-refractivity contribution in [3.63, 3.8) is 0 Å². The van der Waals surface area contributed by atoms with Crippen molar-refractivity contribution in [2.24, 2.45) is 5.92 Å². The third kappa shape index (κ3) is 1.66. The number of carboxylic acids is 1. The number of carbonyl (C=O) groups is 1. The minimum atomic E-state index is -0.721. The van der Waals surface area contributed by atoms with E-state index in [-0.39, 0.29) is 12.0 Å². The van der Waals surface area contributed by atoms with Gasteiger partial charge in [0, 0.05) is 18.8 Å². The molecule has 0 saturated heterocycles. The fraction of sp³-hybridized carbons (Fsp3) is 0.462.